The van der Waals surface area contributed by atoms with E-state index in [-0.39, 0.29) is 11.4 Å². The van der Waals surface area contributed by atoms with Gasteiger partial charge >= 0.3 is 0 Å². The predicted octanol–water partition coefficient (Wildman–Crippen LogP) is -0.160. The molecule has 1 aliphatic rings. The monoisotopic (exact) mass is 212 g/mol. The normalized spacial score (nSPS) is 15.5. The lowest BCUT2D eigenvalue weighted by atomic mass is 10.1. The van der Waals surface area contributed by atoms with Gasteiger partial charge in [0.05, 0.1) is 6.54 Å². The van der Waals surface area contributed by atoms with Crippen molar-refractivity contribution in [1.82, 2.24) is 16.0 Å². The molecule has 0 saturated carbocycles. The van der Waals surface area contributed by atoms with Crippen molar-refractivity contribution in [1.29, 1.82) is 0 Å². The molecule has 15 heavy (non-hydrogen) atoms. The number of aliphatic imine (C=N–C) groups is 1. The minimum Gasteiger partial charge on any atom is -0.356 e. The number of hydrogen-bond acceptors (Lipinski definition) is 4. The molecule has 0 spiro atoms. The maximum Gasteiger partial charge on any atom is 0.222 e. The third-order valence-electron chi connectivity index (χ3n) is 1.83. The Morgan fingerprint density at radius 1 is 1.53 bits per heavy atom. The first-order valence-corrected chi connectivity index (χ1v) is 5.30. The average Bonchev–Trinajstić information content (AvgIpc) is 2.53. The van der Waals surface area contributed by atoms with Gasteiger partial charge in [0, 0.05) is 25.0 Å². The third-order valence-corrected chi connectivity index (χ3v) is 1.83. The van der Waals surface area contributed by atoms with Crippen LogP contribution >= 0.6 is 0 Å². The molecular weight excluding hydrogens is 192 g/mol. The first kappa shape index (κ1) is 11.8. The largest absolute Gasteiger partial charge is 0.356 e. The quantitative estimate of drug-likeness (QED) is 0.609. The van der Waals surface area contributed by atoms with Crippen LogP contribution in [-0.4, -0.2) is 37.0 Å². The topological polar surface area (TPSA) is 65.5 Å². The molecule has 5 heteroatoms. The van der Waals surface area contributed by atoms with Gasteiger partial charge in [-0.05, 0) is 20.8 Å². The molecule has 0 atom stereocenters. The molecule has 1 amide bonds. The Bertz CT molecular complexity index is 255. The molecule has 0 unspecified atom stereocenters. The van der Waals surface area contributed by atoms with Crippen LogP contribution < -0.4 is 16.0 Å². The van der Waals surface area contributed by atoms with E-state index in [1.807, 2.05) is 20.8 Å². The SMILES string of the molecule is CC(C)(C)NC(=O)CCNC1=NCCN1. The maximum absolute atomic E-state index is 11.4. The van der Waals surface area contributed by atoms with Crippen LogP contribution in [0.5, 0.6) is 0 Å². The molecule has 1 rings (SSSR count). The minimum absolute atomic E-state index is 0.0635. The molecule has 0 radical (unpaired) electrons. The summed E-state index contributed by atoms with van der Waals surface area (Å²) in [6, 6.07) is 0. The molecule has 86 valence electrons. The number of carbonyl (C=O) groups is 1. The van der Waals surface area contributed by atoms with Crippen molar-refractivity contribution in [3.8, 4) is 0 Å². The van der Waals surface area contributed by atoms with Gasteiger partial charge in [-0.2, -0.15) is 0 Å². The van der Waals surface area contributed by atoms with Crippen LogP contribution in [-0.2, 0) is 4.79 Å². The predicted molar refractivity (Wildman–Crippen MR) is 60.8 cm³/mol. The van der Waals surface area contributed by atoms with Gasteiger partial charge in [-0.25, -0.2) is 0 Å². The van der Waals surface area contributed by atoms with Crippen molar-refractivity contribution in [2.24, 2.45) is 4.99 Å². The summed E-state index contributed by atoms with van der Waals surface area (Å²) in [6.07, 6.45) is 0.470. The number of carbonyl (C=O) groups excluding carboxylic acids is 1. The zero-order chi connectivity index (χ0) is 11.3. The summed E-state index contributed by atoms with van der Waals surface area (Å²) in [6.45, 7) is 8.24. The number of nitrogens with one attached hydrogen (secondary N) is 3. The van der Waals surface area contributed by atoms with Gasteiger partial charge in [-0.15, -0.1) is 0 Å². The summed E-state index contributed by atoms with van der Waals surface area (Å²) in [5.74, 6) is 0.868. The Morgan fingerprint density at radius 3 is 2.80 bits per heavy atom. The fraction of sp³-hybridized carbons (Fsp3) is 0.800. The van der Waals surface area contributed by atoms with E-state index in [9.17, 15) is 4.79 Å². The highest BCUT2D eigenvalue weighted by Gasteiger charge is 2.13. The average molecular weight is 212 g/mol. The second kappa shape index (κ2) is 5.00. The standard InChI is InChI=1S/C10H20N4O/c1-10(2,3)14-8(15)4-5-11-9-12-6-7-13-9/h4-7H2,1-3H3,(H,14,15)(H2,11,12,13). The van der Waals surface area contributed by atoms with E-state index >= 15 is 0 Å². The lowest BCUT2D eigenvalue weighted by Crippen LogP contribution is -2.42. The molecule has 0 saturated heterocycles. The van der Waals surface area contributed by atoms with Gasteiger partial charge in [0.15, 0.2) is 5.96 Å². The van der Waals surface area contributed by atoms with Gasteiger partial charge in [-0.1, -0.05) is 0 Å². The molecule has 0 fully saturated rings. The van der Waals surface area contributed by atoms with Crippen molar-refractivity contribution in [2.75, 3.05) is 19.6 Å². The lowest BCUT2D eigenvalue weighted by Gasteiger charge is -2.20. The van der Waals surface area contributed by atoms with Crippen LogP contribution in [0.2, 0.25) is 0 Å². The molecule has 3 N–H and O–H groups in total. The van der Waals surface area contributed by atoms with Crippen LogP contribution in [0.25, 0.3) is 0 Å². The summed E-state index contributed by atoms with van der Waals surface area (Å²) >= 11 is 0. The van der Waals surface area contributed by atoms with Gasteiger partial charge < -0.3 is 16.0 Å². The Balaban J connectivity index is 2.12. The summed E-state index contributed by atoms with van der Waals surface area (Å²) in [5, 5.41) is 9.07. The van der Waals surface area contributed by atoms with Gasteiger partial charge in [0.2, 0.25) is 5.91 Å². The van der Waals surface area contributed by atoms with Crippen LogP contribution in [0.15, 0.2) is 4.99 Å². The van der Waals surface area contributed by atoms with Gasteiger partial charge in [0.1, 0.15) is 0 Å². The van der Waals surface area contributed by atoms with Crippen molar-refractivity contribution in [3.05, 3.63) is 0 Å². The number of amides is 1. The van der Waals surface area contributed by atoms with Crippen molar-refractivity contribution in [3.63, 3.8) is 0 Å². The minimum atomic E-state index is -0.153. The molecule has 0 aromatic heterocycles. The lowest BCUT2D eigenvalue weighted by molar-refractivity contribution is -0.122. The number of hydrogen-bond donors (Lipinski definition) is 3. The molecule has 0 aromatic carbocycles. The fourth-order valence-electron chi connectivity index (χ4n) is 1.29. The van der Waals surface area contributed by atoms with Crippen LogP contribution in [0.1, 0.15) is 27.2 Å². The van der Waals surface area contributed by atoms with E-state index in [0.29, 0.717) is 13.0 Å². The summed E-state index contributed by atoms with van der Waals surface area (Å²) in [7, 11) is 0. The number of rotatable bonds is 3. The highest BCUT2D eigenvalue weighted by Crippen LogP contribution is 1.98. The number of guanidine groups is 1. The van der Waals surface area contributed by atoms with Crippen LogP contribution in [0.4, 0.5) is 0 Å². The zero-order valence-corrected chi connectivity index (χ0v) is 9.68. The van der Waals surface area contributed by atoms with Gasteiger partial charge in [-0.3, -0.25) is 9.79 Å². The van der Waals surface area contributed by atoms with Crippen molar-refractivity contribution < 1.29 is 4.79 Å². The highest BCUT2D eigenvalue weighted by atomic mass is 16.1. The Kier molecular flexibility index (Phi) is 3.94. The first-order valence-electron chi connectivity index (χ1n) is 5.30. The third kappa shape index (κ3) is 5.24. The Labute approximate surface area is 90.7 Å². The molecule has 0 aromatic rings. The van der Waals surface area contributed by atoms with Crippen molar-refractivity contribution in [2.45, 2.75) is 32.7 Å². The Hall–Kier alpha value is -1.26. The van der Waals surface area contributed by atoms with Crippen molar-refractivity contribution >= 4 is 11.9 Å². The molecular formula is C10H20N4O. The summed E-state index contributed by atoms with van der Waals surface area (Å²) in [5.41, 5.74) is -0.153. The van der Waals surface area contributed by atoms with E-state index in [4.69, 9.17) is 0 Å². The fourth-order valence-corrected chi connectivity index (χ4v) is 1.29. The van der Waals surface area contributed by atoms with Crippen LogP contribution in [0.3, 0.4) is 0 Å². The maximum atomic E-state index is 11.4. The molecule has 1 heterocycles. The summed E-state index contributed by atoms with van der Waals surface area (Å²) in [4.78, 5) is 15.6. The first-order chi connectivity index (χ1) is 6.97. The zero-order valence-electron chi connectivity index (χ0n) is 9.68. The molecule has 0 bridgehead atoms. The second-order valence-corrected chi connectivity index (χ2v) is 4.63. The summed E-state index contributed by atoms with van der Waals surface area (Å²) < 4.78 is 0. The smallest absolute Gasteiger partial charge is 0.222 e. The molecule has 1 aliphatic heterocycles. The van der Waals surface area contributed by atoms with E-state index in [1.54, 1.807) is 0 Å². The second-order valence-electron chi connectivity index (χ2n) is 4.63. The van der Waals surface area contributed by atoms with E-state index in [2.05, 4.69) is 20.9 Å². The van der Waals surface area contributed by atoms with E-state index in [0.717, 1.165) is 19.0 Å². The molecule has 0 aliphatic carbocycles. The highest BCUT2D eigenvalue weighted by molar-refractivity contribution is 5.82. The van der Waals surface area contributed by atoms with E-state index in [1.165, 1.54) is 0 Å². The number of nitrogens with zero attached hydrogens (tertiary/aromatic N) is 1. The molecule has 5 nitrogen and oxygen atoms in total. The van der Waals surface area contributed by atoms with Gasteiger partial charge in [0.25, 0.3) is 0 Å². The van der Waals surface area contributed by atoms with E-state index < -0.39 is 0 Å². The van der Waals surface area contributed by atoms with Crippen LogP contribution in [0, 0.1) is 0 Å². The Morgan fingerprint density at radius 2 is 2.27 bits per heavy atom.